The van der Waals surface area contributed by atoms with E-state index in [9.17, 15) is 0 Å². The van der Waals surface area contributed by atoms with Gasteiger partial charge in [0.15, 0.2) is 0 Å². The molecule has 0 aromatic carbocycles. The molecule has 3 unspecified atom stereocenters. The summed E-state index contributed by atoms with van der Waals surface area (Å²) in [5.41, 5.74) is 6.71. The van der Waals surface area contributed by atoms with E-state index in [2.05, 4.69) is 48.6 Å². The molecule has 0 fully saturated rings. The van der Waals surface area contributed by atoms with E-state index in [0.717, 1.165) is 43.4 Å². The third-order valence-electron chi connectivity index (χ3n) is 6.00. The maximum Gasteiger partial charge on any atom is 0.128 e. The van der Waals surface area contributed by atoms with Crippen molar-refractivity contribution in [3.8, 4) is 6.07 Å². The van der Waals surface area contributed by atoms with Crippen molar-refractivity contribution in [2.75, 3.05) is 0 Å². The Morgan fingerprint density at radius 2 is 1.96 bits per heavy atom. The Bertz CT molecular complexity index is 882. The number of fused-ring (bicyclic) bond motifs is 3. The first-order valence-electron chi connectivity index (χ1n) is 9.31. The molecule has 2 nitrogen and oxygen atoms in total. The summed E-state index contributed by atoms with van der Waals surface area (Å²) in [7, 11) is 0. The van der Waals surface area contributed by atoms with Gasteiger partial charge >= 0.3 is 0 Å². The van der Waals surface area contributed by atoms with Crippen molar-refractivity contribution in [3.05, 3.63) is 82.2 Å². The summed E-state index contributed by atoms with van der Waals surface area (Å²) in [6, 6.07) is 2.25. The summed E-state index contributed by atoms with van der Waals surface area (Å²) in [6.45, 7) is 0. The van der Waals surface area contributed by atoms with Crippen molar-refractivity contribution < 1.29 is 4.74 Å². The van der Waals surface area contributed by atoms with Gasteiger partial charge < -0.3 is 4.74 Å². The van der Waals surface area contributed by atoms with E-state index in [1.807, 2.05) is 6.08 Å². The molecule has 0 N–H and O–H groups in total. The summed E-state index contributed by atoms with van der Waals surface area (Å²) >= 11 is 0. The number of nitrogens with zero attached hydrogens (tertiary/aromatic N) is 1. The molecule has 0 saturated carbocycles. The molecule has 0 aromatic rings. The number of allylic oxidation sites excluding steroid dienone is 10. The Morgan fingerprint density at radius 1 is 1.08 bits per heavy atom. The molecule has 5 aliphatic rings. The zero-order valence-corrected chi connectivity index (χ0v) is 14.2. The van der Waals surface area contributed by atoms with Crippen LogP contribution in [0.25, 0.3) is 0 Å². The molecule has 0 aromatic heterocycles. The Hall–Kier alpha value is -2.53. The molecule has 0 amide bonds. The van der Waals surface area contributed by atoms with E-state index in [1.54, 1.807) is 0 Å². The highest BCUT2D eigenvalue weighted by atomic mass is 16.5. The van der Waals surface area contributed by atoms with Gasteiger partial charge in [-0.05, 0) is 72.6 Å². The van der Waals surface area contributed by atoms with Crippen molar-refractivity contribution in [2.24, 2.45) is 11.8 Å². The van der Waals surface area contributed by atoms with Crippen LogP contribution >= 0.6 is 0 Å². The van der Waals surface area contributed by atoms with Gasteiger partial charge in [0.1, 0.15) is 11.9 Å². The lowest BCUT2D eigenvalue weighted by molar-refractivity contribution is 0.169. The Morgan fingerprint density at radius 3 is 2.80 bits per heavy atom. The van der Waals surface area contributed by atoms with E-state index in [4.69, 9.17) is 10.00 Å². The van der Waals surface area contributed by atoms with Crippen molar-refractivity contribution >= 4 is 0 Å². The van der Waals surface area contributed by atoms with Crippen LogP contribution in [0.3, 0.4) is 0 Å². The second-order valence-electron chi connectivity index (χ2n) is 7.36. The number of nitriles is 1. The molecule has 25 heavy (non-hydrogen) atoms. The van der Waals surface area contributed by atoms with E-state index in [1.165, 1.54) is 22.3 Å². The topological polar surface area (TPSA) is 33.0 Å². The standard InChI is InChI=1S/C23H21NO/c24-14-15-9-11-16(12-10-15)20-13-22-23(18-6-2-1-5-17(18)20)19-7-3-4-8-21(19)25-22/h2,4,6,8-11,13,16,22-23H,1,3,5,7,12H2. The van der Waals surface area contributed by atoms with Gasteiger partial charge in [-0.3, -0.25) is 0 Å². The third kappa shape index (κ3) is 2.30. The lowest BCUT2D eigenvalue weighted by atomic mass is 9.70. The molecule has 124 valence electrons. The first-order valence-corrected chi connectivity index (χ1v) is 9.31. The fraction of sp³-hybridized carbons (Fsp3) is 0.348. The minimum atomic E-state index is 0.138. The van der Waals surface area contributed by atoms with Gasteiger partial charge in [0.25, 0.3) is 0 Å². The van der Waals surface area contributed by atoms with Crippen LogP contribution in [0.4, 0.5) is 0 Å². The molecule has 1 aliphatic heterocycles. The Balaban J connectivity index is 1.55. The Kier molecular flexibility index (Phi) is 3.41. The summed E-state index contributed by atoms with van der Waals surface area (Å²) in [5.74, 6) is 1.88. The molecule has 3 atom stereocenters. The molecule has 0 saturated heterocycles. The molecule has 0 spiro atoms. The second kappa shape index (κ2) is 5.77. The lowest BCUT2D eigenvalue weighted by Crippen LogP contribution is -2.27. The third-order valence-corrected chi connectivity index (χ3v) is 6.00. The molecular weight excluding hydrogens is 306 g/mol. The maximum absolute atomic E-state index is 9.08. The van der Waals surface area contributed by atoms with Crippen LogP contribution in [0.15, 0.2) is 82.2 Å². The van der Waals surface area contributed by atoms with Crippen molar-refractivity contribution in [1.29, 1.82) is 5.26 Å². The number of hydrogen-bond donors (Lipinski definition) is 0. The predicted octanol–water partition coefficient (Wildman–Crippen LogP) is 5.22. The quantitative estimate of drug-likeness (QED) is 0.661. The smallest absolute Gasteiger partial charge is 0.128 e. The SMILES string of the molecule is N#CC1=CCC(C2=CC3OC4=C(CCC=C4)C3C3=C2CCC=C3)C=C1. The van der Waals surface area contributed by atoms with Crippen molar-refractivity contribution in [1.82, 2.24) is 0 Å². The fourth-order valence-electron chi connectivity index (χ4n) is 4.84. The van der Waals surface area contributed by atoms with E-state index in [-0.39, 0.29) is 6.10 Å². The van der Waals surface area contributed by atoms with Gasteiger partial charge in [0.2, 0.25) is 0 Å². The maximum atomic E-state index is 9.08. The van der Waals surface area contributed by atoms with Gasteiger partial charge in [-0.15, -0.1) is 0 Å². The highest BCUT2D eigenvalue weighted by Crippen LogP contribution is 2.50. The first kappa shape index (κ1) is 14.8. The number of ether oxygens (including phenoxy) is 1. The molecule has 5 rings (SSSR count). The predicted molar refractivity (Wildman–Crippen MR) is 98.2 cm³/mol. The molecule has 0 radical (unpaired) electrons. The average molecular weight is 327 g/mol. The van der Waals surface area contributed by atoms with Crippen LogP contribution < -0.4 is 0 Å². The molecule has 1 heterocycles. The van der Waals surface area contributed by atoms with E-state index in [0.29, 0.717) is 11.8 Å². The first-order chi connectivity index (χ1) is 12.3. The molecular formula is C23H21NO. The number of rotatable bonds is 1. The van der Waals surface area contributed by atoms with Gasteiger partial charge in [-0.2, -0.15) is 5.26 Å². The van der Waals surface area contributed by atoms with E-state index >= 15 is 0 Å². The van der Waals surface area contributed by atoms with Crippen LogP contribution in [0.5, 0.6) is 0 Å². The number of hydrogen-bond acceptors (Lipinski definition) is 2. The van der Waals surface area contributed by atoms with Crippen molar-refractivity contribution in [3.63, 3.8) is 0 Å². The largest absolute Gasteiger partial charge is 0.485 e. The lowest BCUT2D eigenvalue weighted by Gasteiger charge is -2.34. The summed E-state index contributed by atoms with van der Waals surface area (Å²) in [4.78, 5) is 0. The molecule has 4 aliphatic carbocycles. The molecule has 0 bridgehead atoms. The monoisotopic (exact) mass is 327 g/mol. The van der Waals surface area contributed by atoms with Crippen LogP contribution in [0.1, 0.15) is 32.1 Å². The highest BCUT2D eigenvalue weighted by molar-refractivity contribution is 5.56. The minimum Gasteiger partial charge on any atom is -0.485 e. The Labute approximate surface area is 148 Å². The van der Waals surface area contributed by atoms with Gasteiger partial charge in [-0.1, -0.05) is 30.4 Å². The van der Waals surface area contributed by atoms with Crippen LogP contribution in [-0.2, 0) is 4.74 Å². The van der Waals surface area contributed by atoms with E-state index < -0.39 is 0 Å². The van der Waals surface area contributed by atoms with Crippen LogP contribution in [0, 0.1) is 23.2 Å². The second-order valence-corrected chi connectivity index (χ2v) is 7.36. The van der Waals surface area contributed by atoms with Gasteiger partial charge in [0.05, 0.1) is 6.07 Å². The summed E-state index contributed by atoms with van der Waals surface area (Å²) in [6.07, 6.45) is 23.2. The van der Waals surface area contributed by atoms with Gasteiger partial charge in [-0.25, -0.2) is 0 Å². The van der Waals surface area contributed by atoms with Crippen LogP contribution in [-0.4, -0.2) is 6.10 Å². The highest BCUT2D eigenvalue weighted by Gasteiger charge is 2.42. The zero-order chi connectivity index (χ0) is 16.8. The minimum absolute atomic E-state index is 0.138. The fourth-order valence-corrected chi connectivity index (χ4v) is 4.84. The van der Waals surface area contributed by atoms with Crippen molar-refractivity contribution in [2.45, 2.75) is 38.2 Å². The average Bonchev–Trinajstić information content (AvgIpc) is 3.06. The zero-order valence-electron chi connectivity index (χ0n) is 14.2. The van der Waals surface area contributed by atoms with Gasteiger partial charge in [0, 0.05) is 17.4 Å². The summed E-state index contributed by atoms with van der Waals surface area (Å²) < 4.78 is 6.34. The molecule has 2 heteroatoms. The normalized spacial score (nSPS) is 32.4. The van der Waals surface area contributed by atoms with Crippen LogP contribution in [0.2, 0.25) is 0 Å². The summed E-state index contributed by atoms with van der Waals surface area (Å²) in [5, 5.41) is 9.08.